The van der Waals surface area contributed by atoms with Crippen LogP contribution in [0.3, 0.4) is 0 Å². The van der Waals surface area contributed by atoms with Gasteiger partial charge in [-0.15, -0.1) is 11.3 Å². The minimum Gasteiger partial charge on any atom is -0.497 e. The molecule has 0 spiro atoms. The zero-order valence-electron chi connectivity index (χ0n) is 22.0. The number of nitrogens with zero attached hydrogens (tertiary/aromatic N) is 2. The maximum Gasteiger partial charge on any atom is 0.299 e. The van der Waals surface area contributed by atoms with E-state index in [1.807, 2.05) is 42.6 Å². The lowest BCUT2D eigenvalue weighted by molar-refractivity contribution is -0.138. The van der Waals surface area contributed by atoms with Gasteiger partial charge in [0.1, 0.15) is 18.3 Å². The quantitative estimate of drug-likeness (QED) is 0.294. The van der Waals surface area contributed by atoms with E-state index >= 15 is 0 Å². The summed E-state index contributed by atoms with van der Waals surface area (Å²) >= 11 is 1.36. The lowest BCUT2D eigenvalue weighted by atomic mass is 10.1. The van der Waals surface area contributed by atoms with Gasteiger partial charge >= 0.3 is 0 Å². The molecule has 1 aromatic heterocycles. The molecule has 3 amide bonds. The Balaban J connectivity index is 1.51. The molecule has 1 aliphatic rings. The number of nitrogens with one attached hydrogen (secondary N) is 1. The number of carbonyl (C=O) groups excluding carboxylic acids is 4. The Morgan fingerprint density at radius 3 is 2.38 bits per heavy atom. The molecular weight excluding hydrogens is 526 g/mol. The van der Waals surface area contributed by atoms with Gasteiger partial charge < -0.3 is 15.0 Å². The fourth-order valence-corrected chi connectivity index (χ4v) is 5.52. The number of anilines is 2. The topological polar surface area (TPSA) is 96.0 Å². The van der Waals surface area contributed by atoms with Crippen LogP contribution in [0.1, 0.15) is 32.4 Å². The monoisotopic (exact) mass is 553 g/mol. The number of carbonyl (C=O) groups is 4. The van der Waals surface area contributed by atoms with Crippen LogP contribution in [0, 0.1) is 6.92 Å². The van der Waals surface area contributed by atoms with Gasteiger partial charge in [0.05, 0.1) is 18.4 Å². The third kappa shape index (κ3) is 5.37. The van der Waals surface area contributed by atoms with Crippen LogP contribution in [-0.4, -0.2) is 42.1 Å². The van der Waals surface area contributed by atoms with Gasteiger partial charge in [0.15, 0.2) is 0 Å². The maximum atomic E-state index is 14.1. The molecular formula is C31H27N3O5S. The van der Waals surface area contributed by atoms with Crippen molar-refractivity contribution in [3.63, 3.8) is 0 Å². The molecule has 0 saturated heterocycles. The summed E-state index contributed by atoms with van der Waals surface area (Å²) in [6.45, 7) is 1.68. The number of amides is 3. The lowest BCUT2D eigenvalue weighted by Gasteiger charge is -2.32. The first kappa shape index (κ1) is 26.8. The Labute approximate surface area is 235 Å². The third-order valence-electron chi connectivity index (χ3n) is 6.82. The highest BCUT2D eigenvalue weighted by Crippen LogP contribution is 2.32. The zero-order chi connectivity index (χ0) is 28.2. The summed E-state index contributed by atoms with van der Waals surface area (Å²) in [6, 6.07) is 23.8. The van der Waals surface area contributed by atoms with Crippen LogP contribution >= 0.6 is 11.3 Å². The van der Waals surface area contributed by atoms with Crippen molar-refractivity contribution in [3.8, 4) is 5.75 Å². The predicted octanol–water partition coefficient (Wildman–Crippen LogP) is 5.00. The first-order valence-corrected chi connectivity index (χ1v) is 13.5. The van der Waals surface area contributed by atoms with Crippen molar-refractivity contribution < 1.29 is 23.9 Å². The summed E-state index contributed by atoms with van der Waals surface area (Å²) in [4.78, 5) is 56.8. The van der Waals surface area contributed by atoms with Crippen molar-refractivity contribution in [3.05, 3.63) is 112 Å². The number of methoxy groups -OCH3 is 1. The van der Waals surface area contributed by atoms with Crippen molar-refractivity contribution in [2.24, 2.45) is 0 Å². The van der Waals surface area contributed by atoms with E-state index in [9.17, 15) is 19.2 Å². The van der Waals surface area contributed by atoms with Crippen molar-refractivity contribution in [1.82, 2.24) is 4.90 Å². The van der Waals surface area contributed by atoms with Crippen molar-refractivity contribution in [2.75, 3.05) is 23.9 Å². The number of para-hydroxylation sites is 1. The second-order valence-corrected chi connectivity index (χ2v) is 10.3. The molecule has 0 bridgehead atoms. The lowest BCUT2D eigenvalue weighted by Crippen LogP contribution is -2.46. The number of hydrogen-bond acceptors (Lipinski definition) is 6. The molecule has 0 radical (unpaired) electrons. The number of ketones is 1. The molecule has 1 aliphatic heterocycles. The second-order valence-electron chi connectivity index (χ2n) is 9.32. The number of fused-ring (bicyclic) bond motifs is 1. The van der Waals surface area contributed by atoms with Gasteiger partial charge in [0, 0.05) is 17.1 Å². The summed E-state index contributed by atoms with van der Waals surface area (Å²) in [6.07, 6.45) is 0. The molecule has 202 valence electrons. The molecule has 0 fully saturated rings. The van der Waals surface area contributed by atoms with Gasteiger partial charge in [-0.25, -0.2) is 0 Å². The number of thiophene rings is 1. The molecule has 4 aromatic rings. The second kappa shape index (κ2) is 11.5. The van der Waals surface area contributed by atoms with Crippen LogP contribution in [0.15, 0.2) is 90.3 Å². The molecule has 3 aromatic carbocycles. The maximum absolute atomic E-state index is 14.1. The summed E-state index contributed by atoms with van der Waals surface area (Å²) in [5.41, 5.74) is 3.01. The van der Waals surface area contributed by atoms with E-state index in [0.29, 0.717) is 22.0 Å². The Morgan fingerprint density at radius 1 is 0.950 bits per heavy atom. The average Bonchev–Trinajstić information content (AvgIpc) is 3.58. The van der Waals surface area contributed by atoms with Crippen LogP contribution in [0.2, 0.25) is 0 Å². The molecule has 40 heavy (non-hydrogen) atoms. The number of ether oxygens (including phenoxy) is 1. The van der Waals surface area contributed by atoms with E-state index in [-0.39, 0.29) is 18.7 Å². The van der Waals surface area contributed by atoms with Crippen LogP contribution in [0.5, 0.6) is 5.75 Å². The molecule has 2 heterocycles. The number of hydrogen-bond donors (Lipinski definition) is 1. The molecule has 5 rings (SSSR count). The molecule has 1 atom stereocenters. The predicted molar refractivity (Wildman–Crippen MR) is 154 cm³/mol. The highest BCUT2D eigenvalue weighted by atomic mass is 32.1. The largest absolute Gasteiger partial charge is 0.497 e. The van der Waals surface area contributed by atoms with E-state index in [1.165, 1.54) is 21.1 Å². The van der Waals surface area contributed by atoms with Crippen LogP contribution in [0.4, 0.5) is 11.4 Å². The molecule has 0 aliphatic carbocycles. The fourth-order valence-electron chi connectivity index (χ4n) is 4.68. The Kier molecular flexibility index (Phi) is 7.75. The minimum atomic E-state index is -0.988. The van der Waals surface area contributed by atoms with Gasteiger partial charge in [-0.2, -0.15) is 0 Å². The number of rotatable bonds is 9. The van der Waals surface area contributed by atoms with Crippen molar-refractivity contribution in [1.29, 1.82) is 0 Å². The summed E-state index contributed by atoms with van der Waals surface area (Å²) in [7, 11) is 1.56. The minimum absolute atomic E-state index is 0.127. The van der Waals surface area contributed by atoms with E-state index in [4.69, 9.17) is 4.74 Å². The van der Waals surface area contributed by atoms with Crippen LogP contribution < -0.4 is 15.0 Å². The summed E-state index contributed by atoms with van der Waals surface area (Å²) in [5, 5.41) is 4.77. The Bertz CT molecular complexity index is 1570. The van der Waals surface area contributed by atoms with Crippen molar-refractivity contribution in [2.45, 2.75) is 19.5 Å². The van der Waals surface area contributed by atoms with Gasteiger partial charge in [0.25, 0.3) is 17.6 Å². The highest BCUT2D eigenvalue weighted by molar-refractivity contribution is 7.10. The molecule has 1 N–H and O–H groups in total. The number of aryl methyl sites for hydroxylation is 1. The molecule has 9 heteroatoms. The highest BCUT2D eigenvalue weighted by Gasteiger charge is 2.39. The zero-order valence-corrected chi connectivity index (χ0v) is 22.8. The third-order valence-corrected chi connectivity index (χ3v) is 7.75. The smallest absolute Gasteiger partial charge is 0.299 e. The van der Waals surface area contributed by atoms with E-state index < -0.39 is 29.5 Å². The van der Waals surface area contributed by atoms with Gasteiger partial charge in [0.2, 0.25) is 5.91 Å². The number of benzene rings is 3. The SMILES string of the molecule is COc1ccc(NC(=O)[C@H](c2cccs2)N(Cc2ccccc2C)C(=O)CN2C(=O)C(=O)c3ccccc32)cc1. The van der Waals surface area contributed by atoms with Crippen LogP contribution in [0.25, 0.3) is 0 Å². The van der Waals surface area contributed by atoms with E-state index in [0.717, 1.165) is 11.1 Å². The molecule has 0 saturated carbocycles. The van der Waals surface area contributed by atoms with E-state index in [2.05, 4.69) is 5.32 Å². The van der Waals surface area contributed by atoms with Crippen molar-refractivity contribution >= 4 is 46.2 Å². The Hall–Kier alpha value is -4.76. The first-order chi connectivity index (χ1) is 19.4. The van der Waals surface area contributed by atoms with Gasteiger partial charge in [-0.3, -0.25) is 24.1 Å². The van der Waals surface area contributed by atoms with Crippen LogP contribution in [-0.2, 0) is 20.9 Å². The average molecular weight is 554 g/mol. The Morgan fingerprint density at radius 2 is 1.68 bits per heavy atom. The fraction of sp³-hybridized carbons (Fsp3) is 0.161. The van der Waals surface area contributed by atoms with E-state index in [1.54, 1.807) is 61.7 Å². The molecule has 8 nitrogen and oxygen atoms in total. The molecule has 0 unspecified atom stereocenters. The van der Waals surface area contributed by atoms with Gasteiger partial charge in [-0.1, -0.05) is 42.5 Å². The normalized spacial score (nSPS) is 13.1. The standard InChI is InChI=1S/C31H27N3O5S/c1-20-8-3-4-9-21(20)18-34(27(35)19-33-25-11-6-5-10-24(25)29(36)31(33)38)28(26-12-7-17-40-26)30(37)32-22-13-15-23(39-2)16-14-22/h3-17,28H,18-19H2,1-2H3,(H,32,37)/t28-/m0/s1. The number of Topliss-reactive ketones (excluding diaryl/α,β-unsaturated/α-hetero) is 1. The first-order valence-electron chi connectivity index (χ1n) is 12.6. The summed E-state index contributed by atoms with van der Waals surface area (Å²) < 4.78 is 5.21. The summed E-state index contributed by atoms with van der Waals surface area (Å²) in [5.74, 6) is -1.64. The van der Waals surface area contributed by atoms with Gasteiger partial charge in [-0.05, 0) is 65.9 Å².